The normalized spacial score (nSPS) is 15.6. The van der Waals surface area contributed by atoms with E-state index in [9.17, 15) is 13.2 Å². The summed E-state index contributed by atoms with van der Waals surface area (Å²) in [6, 6.07) is 11.8. The van der Waals surface area contributed by atoms with E-state index in [2.05, 4.69) is 36.2 Å². The highest BCUT2D eigenvalue weighted by atomic mass is 79.9. The molecule has 1 aromatic heterocycles. The number of halogens is 4. The van der Waals surface area contributed by atoms with E-state index in [0.29, 0.717) is 22.7 Å². The number of para-hydroxylation sites is 1. The minimum absolute atomic E-state index is 0.0689. The quantitative estimate of drug-likeness (QED) is 0.406. The minimum atomic E-state index is -4.38. The van der Waals surface area contributed by atoms with Crippen LogP contribution in [0.25, 0.3) is 11.3 Å². The Balaban J connectivity index is 1.61. The summed E-state index contributed by atoms with van der Waals surface area (Å²) in [7, 11) is 0. The molecule has 3 aromatic rings. The summed E-state index contributed by atoms with van der Waals surface area (Å²) in [4.78, 5) is 12.5. The maximum Gasteiger partial charge on any atom is 0.416 e. The molecule has 9 heteroatoms. The molecule has 2 aromatic carbocycles. The summed E-state index contributed by atoms with van der Waals surface area (Å²) in [6.45, 7) is 0. The number of hydrogen-bond acceptors (Lipinski definition) is 5. The van der Waals surface area contributed by atoms with Gasteiger partial charge in [0.1, 0.15) is 17.0 Å². The van der Waals surface area contributed by atoms with Gasteiger partial charge in [0.05, 0.1) is 16.9 Å². The molecule has 0 spiro atoms. The second-order valence-corrected chi connectivity index (χ2v) is 6.88. The van der Waals surface area contributed by atoms with Gasteiger partial charge >= 0.3 is 6.18 Å². The summed E-state index contributed by atoms with van der Waals surface area (Å²) in [5.41, 5.74) is 1.70. The molecule has 0 aliphatic carbocycles. The Hall–Kier alpha value is -2.94. The van der Waals surface area contributed by atoms with Gasteiger partial charge in [-0.05, 0) is 24.3 Å². The number of hydrogen-bond donors (Lipinski definition) is 1. The summed E-state index contributed by atoms with van der Waals surface area (Å²) >= 11 is 3.41. The molecule has 0 radical (unpaired) electrons. The Bertz CT molecular complexity index is 1040. The number of nitrogens with one attached hydrogen (secondary N) is 1. The molecule has 1 aliphatic heterocycles. The molecule has 1 unspecified atom stereocenters. The number of alkyl halides is 4. The molecular formula is C19H12BrF3N4O. The molecule has 5 nitrogen and oxygen atoms in total. The van der Waals surface area contributed by atoms with E-state index in [-0.39, 0.29) is 10.8 Å². The van der Waals surface area contributed by atoms with E-state index in [1.165, 1.54) is 18.5 Å². The lowest BCUT2D eigenvalue weighted by atomic mass is 10.1. The fraction of sp³-hybridized carbons (Fsp3) is 0.105. The molecule has 0 saturated heterocycles. The minimum Gasteiger partial charge on any atom is -0.437 e. The van der Waals surface area contributed by atoms with Crippen molar-refractivity contribution in [1.29, 1.82) is 0 Å². The molecule has 1 aliphatic rings. The van der Waals surface area contributed by atoms with Crippen molar-refractivity contribution in [3.8, 4) is 22.9 Å². The predicted molar refractivity (Wildman–Crippen MR) is 103 cm³/mol. The Morgan fingerprint density at radius 2 is 1.82 bits per heavy atom. The van der Waals surface area contributed by atoms with Crippen LogP contribution in [0.5, 0.6) is 11.6 Å². The summed E-state index contributed by atoms with van der Waals surface area (Å²) in [6.07, 6.45) is -1.38. The lowest BCUT2D eigenvalue weighted by Gasteiger charge is -2.19. The number of fused-ring (bicyclic) bond motifs is 1. The van der Waals surface area contributed by atoms with Gasteiger partial charge in [-0.15, -0.1) is 0 Å². The Morgan fingerprint density at radius 1 is 1.04 bits per heavy atom. The highest BCUT2D eigenvalue weighted by Gasteiger charge is 2.30. The number of ether oxygens (including phenoxy) is 1. The fourth-order valence-electron chi connectivity index (χ4n) is 2.68. The number of aromatic nitrogens is 2. The van der Waals surface area contributed by atoms with Crippen LogP contribution in [0.2, 0.25) is 0 Å². The standard InChI is InChI=1S/C19H12BrF3N4O/c20-16-9-24-18-13(27-16)2-1-3-15(18)28-17-8-14(25-10-26-17)11-4-6-12(7-5-11)19(21,22)23/h1-10,16,27H. The number of rotatable bonds is 3. The second kappa shape index (κ2) is 7.23. The zero-order valence-corrected chi connectivity index (χ0v) is 15.7. The van der Waals surface area contributed by atoms with Gasteiger partial charge in [-0.1, -0.05) is 34.1 Å². The molecule has 1 atom stereocenters. The molecule has 0 bridgehead atoms. The number of benzene rings is 2. The first-order chi connectivity index (χ1) is 13.4. The van der Waals surface area contributed by atoms with Crippen molar-refractivity contribution in [3.05, 3.63) is 60.4 Å². The van der Waals surface area contributed by atoms with Crippen LogP contribution in [0.15, 0.2) is 59.9 Å². The monoisotopic (exact) mass is 448 g/mol. The van der Waals surface area contributed by atoms with Gasteiger partial charge in [-0.25, -0.2) is 9.97 Å². The molecular weight excluding hydrogens is 437 g/mol. The van der Waals surface area contributed by atoms with Gasteiger partial charge < -0.3 is 10.1 Å². The summed E-state index contributed by atoms with van der Waals surface area (Å²) in [5.74, 6) is 0.757. The zero-order chi connectivity index (χ0) is 19.7. The van der Waals surface area contributed by atoms with Crippen molar-refractivity contribution >= 4 is 33.5 Å². The van der Waals surface area contributed by atoms with E-state index in [4.69, 9.17) is 4.74 Å². The van der Waals surface area contributed by atoms with E-state index < -0.39 is 11.7 Å². The lowest BCUT2D eigenvalue weighted by molar-refractivity contribution is -0.137. The Labute approximate surface area is 166 Å². The topological polar surface area (TPSA) is 59.4 Å². The average Bonchev–Trinajstić information content (AvgIpc) is 2.68. The van der Waals surface area contributed by atoms with Gasteiger partial charge in [-0.3, -0.25) is 4.99 Å². The van der Waals surface area contributed by atoms with Crippen molar-refractivity contribution in [1.82, 2.24) is 9.97 Å². The maximum atomic E-state index is 12.7. The van der Waals surface area contributed by atoms with Crippen LogP contribution in [0.1, 0.15) is 5.56 Å². The second-order valence-electron chi connectivity index (χ2n) is 5.90. The fourth-order valence-corrected chi connectivity index (χ4v) is 3.04. The molecule has 0 saturated carbocycles. The third-order valence-electron chi connectivity index (χ3n) is 3.99. The van der Waals surface area contributed by atoms with Gasteiger partial charge in [-0.2, -0.15) is 13.2 Å². The van der Waals surface area contributed by atoms with Crippen LogP contribution < -0.4 is 10.1 Å². The molecule has 2 heterocycles. The van der Waals surface area contributed by atoms with Gasteiger partial charge in [0.25, 0.3) is 0 Å². The van der Waals surface area contributed by atoms with Crippen molar-refractivity contribution in [2.45, 2.75) is 11.1 Å². The van der Waals surface area contributed by atoms with Crippen LogP contribution in [-0.2, 0) is 6.18 Å². The van der Waals surface area contributed by atoms with Crippen molar-refractivity contribution in [2.24, 2.45) is 4.99 Å². The van der Waals surface area contributed by atoms with E-state index in [1.54, 1.807) is 18.3 Å². The first-order valence-corrected chi connectivity index (χ1v) is 9.07. The zero-order valence-electron chi connectivity index (χ0n) is 14.1. The lowest BCUT2D eigenvalue weighted by Crippen LogP contribution is -2.16. The first-order valence-electron chi connectivity index (χ1n) is 8.15. The molecule has 0 fully saturated rings. The van der Waals surface area contributed by atoms with Crippen molar-refractivity contribution < 1.29 is 17.9 Å². The van der Waals surface area contributed by atoms with Gasteiger partial charge in [0.15, 0.2) is 5.75 Å². The van der Waals surface area contributed by atoms with E-state index in [1.807, 2.05) is 12.1 Å². The third kappa shape index (κ3) is 3.84. The van der Waals surface area contributed by atoms with Crippen LogP contribution >= 0.6 is 15.9 Å². The van der Waals surface area contributed by atoms with Crippen molar-refractivity contribution in [3.63, 3.8) is 0 Å². The predicted octanol–water partition coefficient (Wildman–Crippen LogP) is 5.80. The summed E-state index contributed by atoms with van der Waals surface area (Å²) < 4.78 is 44.0. The van der Waals surface area contributed by atoms with Crippen LogP contribution in [0, 0.1) is 0 Å². The number of nitrogens with zero attached hydrogens (tertiary/aromatic N) is 3. The highest BCUT2D eigenvalue weighted by molar-refractivity contribution is 9.10. The Kier molecular flexibility index (Phi) is 4.76. The third-order valence-corrected chi connectivity index (χ3v) is 4.46. The van der Waals surface area contributed by atoms with E-state index >= 15 is 0 Å². The van der Waals surface area contributed by atoms with E-state index in [0.717, 1.165) is 17.8 Å². The Morgan fingerprint density at radius 3 is 2.57 bits per heavy atom. The smallest absolute Gasteiger partial charge is 0.416 e. The molecule has 1 N–H and O–H groups in total. The van der Waals surface area contributed by atoms with Crippen LogP contribution in [0.3, 0.4) is 0 Å². The molecule has 142 valence electrons. The molecule has 0 amide bonds. The SMILES string of the molecule is FC(F)(F)c1ccc(-c2cc(Oc3cccc4c3N=CC(Br)N4)ncn2)cc1. The van der Waals surface area contributed by atoms with Gasteiger partial charge in [0.2, 0.25) is 5.88 Å². The summed E-state index contributed by atoms with van der Waals surface area (Å²) in [5, 5.41) is 3.20. The average molecular weight is 449 g/mol. The molecule has 4 rings (SSSR count). The van der Waals surface area contributed by atoms with Crippen molar-refractivity contribution in [2.75, 3.05) is 5.32 Å². The first kappa shape index (κ1) is 18.4. The number of anilines is 1. The molecule has 28 heavy (non-hydrogen) atoms. The highest BCUT2D eigenvalue weighted by Crippen LogP contribution is 2.40. The largest absolute Gasteiger partial charge is 0.437 e. The van der Waals surface area contributed by atoms with Crippen LogP contribution in [0.4, 0.5) is 24.5 Å². The van der Waals surface area contributed by atoms with Crippen LogP contribution in [-0.4, -0.2) is 21.1 Å². The van der Waals surface area contributed by atoms with Gasteiger partial charge in [0, 0.05) is 17.8 Å². The maximum absolute atomic E-state index is 12.7. The number of aliphatic imine (C=N–C) groups is 1.